The summed E-state index contributed by atoms with van der Waals surface area (Å²) in [6, 6.07) is 4.13. The zero-order valence-electron chi connectivity index (χ0n) is 8.76. The minimum atomic E-state index is -1.10. The lowest BCUT2D eigenvalue weighted by atomic mass is 9.98. The second-order valence-corrected chi connectivity index (χ2v) is 3.74. The number of ether oxygens (including phenoxy) is 1. The Bertz CT molecular complexity index is 332. The second-order valence-electron chi connectivity index (χ2n) is 3.74. The van der Waals surface area contributed by atoms with Crippen LogP contribution in [-0.4, -0.2) is 18.4 Å². The predicted molar refractivity (Wildman–Crippen MR) is 53.1 cm³/mol. The molecule has 1 aromatic rings. The first-order chi connectivity index (χ1) is 6.95. The van der Waals surface area contributed by atoms with Crippen LogP contribution in [0.4, 0.5) is 8.78 Å². The zero-order chi connectivity index (χ0) is 11.5. The highest BCUT2D eigenvalue weighted by atomic mass is 19.1. The first-order valence-electron chi connectivity index (χ1n) is 4.66. The van der Waals surface area contributed by atoms with E-state index >= 15 is 0 Å². The summed E-state index contributed by atoms with van der Waals surface area (Å²) in [5, 5.41) is 9.61. The van der Waals surface area contributed by atoms with E-state index in [1.165, 1.54) is 12.1 Å². The van der Waals surface area contributed by atoms with Crippen molar-refractivity contribution < 1.29 is 18.6 Å². The van der Waals surface area contributed by atoms with Crippen molar-refractivity contribution in [2.45, 2.75) is 19.4 Å². The fourth-order valence-corrected chi connectivity index (χ4v) is 1.15. The summed E-state index contributed by atoms with van der Waals surface area (Å²) in [4.78, 5) is 0. The summed E-state index contributed by atoms with van der Waals surface area (Å²) < 4.78 is 30.0. The third-order valence-electron chi connectivity index (χ3n) is 1.97. The van der Waals surface area contributed by atoms with E-state index in [0.717, 1.165) is 0 Å². The van der Waals surface area contributed by atoms with Crippen molar-refractivity contribution in [1.29, 1.82) is 0 Å². The molecule has 15 heavy (non-hydrogen) atoms. The minimum absolute atomic E-state index is 0.000602. The van der Waals surface area contributed by atoms with Crippen LogP contribution in [0.25, 0.3) is 0 Å². The van der Waals surface area contributed by atoms with Gasteiger partial charge >= 0.3 is 0 Å². The molecule has 1 N–H and O–H groups in total. The Morgan fingerprint density at radius 3 is 2.53 bits per heavy atom. The summed E-state index contributed by atoms with van der Waals surface area (Å²) in [5.41, 5.74) is -0.646. The van der Waals surface area contributed by atoms with Gasteiger partial charge < -0.3 is 9.84 Å². The molecule has 0 saturated heterocycles. The van der Waals surface area contributed by atoms with Gasteiger partial charge in [0.15, 0.2) is 11.6 Å². The Hall–Kier alpha value is -1.16. The molecule has 0 heterocycles. The van der Waals surface area contributed by atoms with Gasteiger partial charge in [-0.2, -0.15) is 0 Å². The molecule has 0 amide bonds. The third-order valence-corrected chi connectivity index (χ3v) is 1.97. The monoisotopic (exact) mass is 216 g/mol. The molecule has 1 rings (SSSR count). The molecule has 84 valence electrons. The van der Waals surface area contributed by atoms with Gasteiger partial charge in [0.25, 0.3) is 0 Å². The molecule has 0 bridgehead atoms. The van der Waals surface area contributed by atoms with Crippen molar-refractivity contribution >= 4 is 0 Å². The molecular weight excluding hydrogens is 202 g/mol. The maximum absolute atomic E-state index is 13.3. The number of benzene rings is 1. The molecule has 2 nitrogen and oxygen atoms in total. The standard InChI is InChI=1S/C11H14F2O2/c1-11(2,14)8-3-4-10(9(13)7-8)15-6-5-12/h3-4,7,14H,5-6H2,1-2H3. The van der Waals surface area contributed by atoms with Gasteiger partial charge in [0.2, 0.25) is 0 Å². The normalized spacial score (nSPS) is 11.5. The van der Waals surface area contributed by atoms with Crippen LogP contribution >= 0.6 is 0 Å². The van der Waals surface area contributed by atoms with Gasteiger partial charge in [-0.1, -0.05) is 6.07 Å². The highest BCUT2D eigenvalue weighted by Crippen LogP contribution is 2.25. The van der Waals surface area contributed by atoms with E-state index in [4.69, 9.17) is 4.74 Å². The highest BCUT2D eigenvalue weighted by molar-refractivity contribution is 5.31. The fraction of sp³-hybridized carbons (Fsp3) is 0.455. The molecule has 0 aliphatic rings. The highest BCUT2D eigenvalue weighted by Gasteiger charge is 2.17. The number of aliphatic hydroxyl groups is 1. The van der Waals surface area contributed by atoms with E-state index in [1.807, 2.05) is 0 Å². The quantitative estimate of drug-likeness (QED) is 0.837. The summed E-state index contributed by atoms with van der Waals surface area (Å²) in [5.74, 6) is -0.594. The lowest BCUT2D eigenvalue weighted by Gasteiger charge is -2.18. The smallest absolute Gasteiger partial charge is 0.165 e. The average molecular weight is 216 g/mol. The van der Waals surface area contributed by atoms with Crippen molar-refractivity contribution in [1.82, 2.24) is 0 Å². The van der Waals surface area contributed by atoms with Crippen LogP contribution in [0.1, 0.15) is 19.4 Å². The van der Waals surface area contributed by atoms with Crippen molar-refractivity contribution in [3.8, 4) is 5.75 Å². The van der Waals surface area contributed by atoms with E-state index in [2.05, 4.69) is 0 Å². The first kappa shape index (κ1) is 11.9. The number of hydrogen-bond acceptors (Lipinski definition) is 2. The third kappa shape index (κ3) is 3.16. The molecule has 0 fully saturated rings. The molecule has 0 aliphatic heterocycles. The van der Waals surface area contributed by atoms with Gasteiger partial charge in [0, 0.05) is 0 Å². The summed E-state index contributed by atoms with van der Waals surface area (Å²) in [6.45, 7) is 2.29. The Labute approximate surface area is 87.5 Å². The summed E-state index contributed by atoms with van der Waals surface area (Å²) in [7, 11) is 0. The van der Waals surface area contributed by atoms with E-state index in [0.29, 0.717) is 5.56 Å². The predicted octanol–water partition coefficient (Wildman–Crippen LogP) is 2.40. The molecule has 0 saturated carbocycles. The van der Waals surface area contributed by atoms with Crippen LogP contribution in [-0.2, 0) is 5.60 Å². The molecule has 0 unspecified atom stereocenters. The maximum Gasteiger partial charge on any atom is 0.165 e. The van der Waals surface area contributed by atoms with Crippen LogP contribution in [0.5, 0.6) is 5.75 Å². The summed E-state index contributed by atoms with van der Waals surface area (Å²) >= 11 is 0. The minimum Gasteiger partial charge on any atom is -0.488 e. The molecule has 4 heteroatoms. The van der Waals surface area contributed by atoms with Gasteiger partial charge in [-0.3, -0.25) is 0 Å². The molecule has 0 aromatic heterocycles. The topological polar surface area (TPSA) is 29.5 Å². The second kappa shape index (κ2) is 4.57. The first-order valence-corrected chi connectivity index (χ1v) is 4.66. The van der Waals surface area contributed by atoms with Crippen molar-refractivity contribution in [2.24, 2.45) is 0 Å². The maximum atomic E-state index is 13.3. The molecular formula is C11H14F2O2. The van der Waals surface area contributed by atoms with Crippen LogP contribution in [0.3, 0.4) is 0 Å². The van der Waals surface area contributed by atoms with Gasteiger partial charge in [-0.15, -0.1) is 0 Å². The van der Waals surface area contributed by atoms with Crippen LogP contribution in [0.2, 0.25) is 0 Å². The molecule has 0 radical (unpaired) electrons. The number of halogens is 2. The van der Waals surface area contributed by atoms with Crippen LogP contribution in [0.15, 0.2) is 18.2 Å². The van der Waals surface area contributed by atoms with Crippen LogP contribution < -0.4 is 4.74 Å². The average Bonchev–Trinajstić information content (AvgIpc) is 2.14. The Balaban J connectivity index is 2.88. The number of alkyl halides is 1. The van der Waals surface area contributed by atoms with E-state index in [-0.39, 0.29) is 12.4 Å². The van der Waals surface area contributed by atoms with Crippen LogP contribution in [0, 0.1) is 5.82 Å². The van der Waals surface area contributed by atoms with E-state index in [9.17, 15) is 13.9 Å². The Morgan fingerprint density at radius 1 is 1.40 bits per heavy atom. The number of hydrogen-bond donors (Lipinski definition) is 1. The SMILES string of the molecule is CC(C)(O)c1ccc(OCCF)c(F)c1. The number of rotatable bonds is 4. The Morgan fingerprint density at radius 2 is 2.07 bits per heavy atom. The summed E-state index contributed by atoms with van der Waals surface area (Å²) in [6.07, 6.45) is 0. The van der Waals surface area contributed by atoms with Gasteiger partial charge in [-0.25, -0.2) is 8.78 Å². The van der Waals surface area contributed by atoms with Crippen molar-refractivity contribution in [2.75, 3.05) is 13.3 Å². The molecule has 0 aliphatic carbocycles. The van der Waals surface area contributed by atoms with E-state index in [1.54, 1.807) is 19.9 Å². The fourth-order valence-electron chi connectivity index (χ4n) is 1.15. The Kier molecular flexibility index (Phi) is 3.63. The largest absolute Gasteiger partial charge is 0.488 e. The molecule has 1 aromatic carbocycles. The van der Waals surface area contributed by atoms with Gasteiger partial charge in [-0.05, 0) is 31.5 Å². The van der Waals surface area contributed by atoms with Gasteiger partial charge in [0.1, 0.15) is 13.3 Å². The molecule has 0 spiro atoms. The van der Waals surface area contributed by atoms with E-state index < -0.39 is 18.1 Å². The molecule has 0 atom stereocenters. The van der Waals surface area contributed by atoms with Gasteiger partial charge in [0.05, 0.1) is 5.60 Å². The lowest BCUT2D eigenvalue weighted by molar-refractivity contribution is 0.0781. The zero-order valence-corrected chi connectivity index (χ0v) is 8.76. The van der Waals surface area contributed by atoms with Crippen molar-refractivity contribution in [3.63, 3.8) is 0 Å². The van der Waals surface area contributed by atoms with Crippen molar-refractivity contribution in [3.05, 3.63) is 29.6 Å². The lowest BCUT2D eigenvalue weighted by Crippen LogP contribution is -2.15.